The van der Waals surface area contributed by atoms with E-state index in [2.05, 4.69) is 5.32 Å². The maximum Gasteiger partial charge on any atom is 0.254 e. The molecule has 0 radical (unpaired) electrons. The Labute approximate surface area is 99.5 Å². The molecule has 2 unspecified atom stereocenters. The van der Waals surface area contributed by atoms with Crippen LogP contribution >= 0.6 is 11.3 Å². The van der Waals surface area contributed by atoms with E-state index in [1.165, 1.54) is 12.8 Å². The number of hydrogen-bond donors (Lipinski definition) is 1. The predicted molar refractivity (Wildman–Crippen MR) is 64.8 cm³/mol. The summed E-state index contributed by atoms with van der Waals surface area (Å²) < 4.78 is 0. The Balaban J connectivity index is 1.73. The first-order valence-electron chi connectivity index (χ1n) is 5.90. The smallest absolute Gasteiger partial charge is 0.254 e. The zero-order chi connectivity index (χ0) is 11.0. The highest BCUT2D eigenvalue weighted by atomic mass is 32.1. The van der Waals surface area contributed by atoms with Gasteiger partial charge in [-0.25, -0.2) is 0 Å². The van der Waals surface area contributed by atoms with Crippen molar-refractivity contribution >= 4 is 17.2 Å². The molecule has 2 bridgehead atoms. The zero-order valence-corrected chi connectivity index (χ0v) is 10.0. The molecule has 3 heterocycles. The Morgan fingerprint density at radius 3 is 3.06 bits per heavy atom. The van der Waals surface area contributed by atoms with E-state index in [1.54, 1.807) is 11.3 Å². The first-order valence-corrected chi connectivity index (χ1v) is 6.85. The highest BCUT2D eigenvalue weighted by Gasteiger charge is 2.31. The third-order valence-electron chi connectivity index (χ3n) is 3.58. The van der Waals surface area contributed by atoms with Gasteiger partial charge in [-0.2, -0.15) is 11.3 Å². The van der Waals surface area contributed by atoms with Crippen LogP contribution in [0.2, 0.25) is 0 Å². The van der Waals surface area contributed by atoms with Gasteiger partial charge in [-0.3, -0.25) is 4.79 Å². The maximum absolute atomic E-state index is 12.2. The van der Waals surface area contributed by atoms with E-state index in [9.17, 15) is 4.79 Å². The number of carbonyl (C=O) groups is 1. The SMILES string of the molecule is O=C(c1ccsc1)N1CCC2CCC(C1)N2. The van der Waals surface area contributed by atoms with Crippen molar-refractivity contribution in [1.82, 2.24) is 10.2 Å². The van der Waals surface area contributed by atoms with Gasteiger partial charge in [0.25, 0.3) is 5.91 Å². The number of hydrogen-bond acceptors (Lipinski definition) is 3. The van der Waals surface area contributed by atoms with E-state index in [0.717, 1.165) is 25.1 Å². The minimum absolute atomic E-state index is 0.204. The summed E-state index contributed by atoms with van der Waals surface area (Å²) in [5.74, 6) is 0.204. The second-order valence-electron chi connectivity index (χ2n) is 4.69. The van der Waals surface area contributed by atoms with Crippen molar-refractivity contribution < 1.29 is 4.79 Å². The summed E-state index contributed by atoms with van der Waals surface area (Å²) in [7, 11) is 0. The lowest BCUT2D eigenvalue weighted by Gasteiger charge is -2.23. The zero-order valence-electron chi connectivity index (χ0n) is 9.19. The van der Waals surface area contributed by atoms with Crippen molar-refractivity contribution in [3.05, 3.63) is 22.4 Å². The molecule has 0 spiro atoms. The number of thiophene rings is 1. The van der Waals surface area contributed by atoms with Gasteiger partial charge < -0.3 is 10.2 Å². The molecule has 3 rings (SSSR count). The van der Waals surface area contributed by atoms with Gasteiger partial charge in [0, 0.05) is 30.6 Å². The summed E-state index contributed by atoms with van der Waals surface area (Å²) in [5.41, 5.74) is 0.850. The summed E-state index contributed by atoms with van der Waals surface area (Å²) in [5, 5.41) is 7.50. The molecule has 2 aliphatic rings. The Morgan fingerprint density at radius 2 is 2.25 bits per heavy atom. The predicted octanol–water partition coefficient (Wildman–Crippen LogP) is 1.71. The van der Waals surface area contributed by atoms with E-state index in [0.29, 0.717) is 12.1 Å². The van der Waals surface area contributed by atoms with Crippen molar-refractivity contribution in [2.75, 3.05) is 13.1 Å². The molecule has 86 valence electrons. The number of fused-ring (bicyclic) bond motifs is 2. The highest BCUT2D eigenvalue weighted by molar-refractivity contribution is 7.08. The van der Waals surface area contributed by atoms with Crippen molar-refractivity contribution in [2.45, 2.75) is 31.3 Å². The molecule has 2 atom stereocenters. The largest absolute Gasteiger partial charge is 0.337 e. The van der Waals surface area contributed by atoms with Crippen LogP contribution in [0.1, 0.15) is 29.6 Å². The van der Waals surface area contributed by atoms with Crippen molar-refractivity contribution in [1.29, 1.82) is 0 Å². The number of rotatable bonds is 1. The normalized spacial score (nSPS) is 29.1. The average molecular weight is 236 g/mol. The second-order valence-corrected chi connectivity index (χ2v) is 5.47. The molecule has 0 aliphatic carbocycles. The van der Waals surface area contributed by atoms with Crippen LogP contribution in [0.15, 0.2) is 16.8 Å². The Bertz CT molecular complexity index is 376. The summed E-state index contributed by atoms with van der Waals surface area (Å²) in [6.07, 6.45) is 3.61. The van der Waals surface area contributed by atoms with E-state index in [-0.39, 0.29) is 5.91 Å². The van der Waals surface area contributed by atoms with Crippen molar-refractivity contribution in [3.8, 4) is 0 Å². The van der Waals surface area contributed by atoms with Gasteiger partial charge in [0.1, 0.15) is 0 Å². The second kappa shape index (κ2) is 4.18. The van der Waals surface area contributed by atoms with Gasteiger partial charge in [0.15, 0.2) is 0 Å². The summed E-state index contributed by atoms with van der Waals surface area (Å²) in [6.45, 7) is 1.79. The Kier molecular flexibility index (Phi) is 2.69. The molecule has 4 heteroatoms. The molecule has 16 heavy (non-hydrogen) atoms. The summed E-state index contributed by atoms with van der Waals surface area (Å²) >= 11 is 1.59. The lowest BCUT2D eigenvalue weighted by atomic mass is 10.1. The van der Waals surface area contributed by atoms with Crippen LogP contribution in [-0.2, 0) is 0 Å². The van der Waals surface area contributed by atoms with E-state index < -0.39 is 0 Å². The first-order chi connectivity index (χ1) is 7.83. The lowest BCUT2D eigenvalue weighted by Crippen LogP contribution is -2.38. The van der Waals surface area contributed by atoms with Crippen LogP contribution in [-0.4, -0.2) is 36.0 Å². The van der Waals surface area contributed by atoms with E-state index in [4.69, 9.17) is 0 Å². The number of carbonyl (C=O) groups excluding carboxylic acids is 1. The van der Waals surface area contributed by atoms with Gasteiger partial charge in [0.2, 0.25) is 0 Å². The third-order valence-corrected chi connectivity index (χ3v) is 4.26. The fraction of sp³-hybridized carbons (Fsp3) is 0.583. The quantitative estimate of drug-likeness (QED) is 0.805. The standard InChI is InChI=1S/C12H16N2OS/c15-12(9-4-6-16-8-9)14-5-3-10-1-2-11(7-14)13-10/h4,6,8,10-11,13H,1-3,5,7H2. The monoisotopic (exact) mass is 236 g/mol. The van der Waals surface area contributed by atoms with Crippen LogP contribution < -0.4 is 5.32 Å². The van der Waals surface area contributed by atoms with Crippen molar-refractivity contribution in [3.63, 3.8) is 0 Å². The molecule has 2 saturated heterocycles. The Morgan fingerprint density at radius 1 is 1.38 bits per heavy atom. The number of nitrogens with zero attached hydrogens (tertiary/aromatic N) is 1. The molecule has 2 fully saturated rings. The Hall–Kier alpha value is -0.870. The minimum atomic E-state index is 0.204. The highest BCUT2D eigenvalue weighted by Crippen LogP contribution is 2.21. The molecular weight excluding hydrogens is 220 g/mol. The molecule has 0 aromatic carbocycles. The van der Waals surface area contributed by atoms with Crippen LogP contribution in [0, 0.1) is 0 Å². The van der Waals surface area contributed by atoms with Crippen LogP contribution in [0.4, 0.5) is 0 Å². The van der Waals surface area contributed by atoms with Gasteiger partial charge in [0.05, 0.1) is 5.56 Å². The molecule has 1 aromatic rings. The average Bonchev–Trinajstić information content (AvgIpc) is 2.87. The number of likely N-dealkylation sites (tertiary alicyclic amines) is 1. The maximum atomic E-state index is 12.2. The molecule has 1 amide bonds. The molecule has 3 nitrogen and oxygen atoms in total. The topological polar surface area (TPSA) is 32.3 Å². The molecule has 0 saturated carbocycles. The van der Waals surface area contributed by atoms with Gasteiger partial charge in [-0.05, 0) is 30.7 Å². The number of nitrogens with one attached hydrogen (secondary N) is 1. The lowest BCUT2D eigenvalue weighted by molar-refractivity contribution is 0.0748. The van der Waals surface area contributed by atoms with Gasteiger partial charge in [-0.15, -0.1) is 0 Å². The molecule has 1 N–H and O–H groups in total. The molecule has 1 aromatic heterocycles. The van der Waals surface area contributed by atoms with Gasteiger partial charge in [-0.1, -0.05) is 0 Å². The first kappa shape index (κ1) is 10.3. The van der Waals surface area contributed by atoms with E-state index in [1.807, 2.05) is 21.7 Å². The number of amides is 1. The van der Waals surface area contributed by atoms with Crippen LogP contribution in [0.3, 0.4) is 0 Å². The van der Waals surface area contributed by atoms with Crippen LogP contribution in [0.5, 0.6) is 0 Å². The fourth-order valence-electron chi connectivity index (χ4n) is 2.70. The minimum Gasteiger partial charge on any atom is -0.337 e. The van der Waals surface area contributed by atoms with E-state index >= 15 is 0 Å². The molecule has 2 aliphatic heterocycles. The van der Waals surface area contributed by atoms with Gasteiger partial charge >= 0.3 is 0 Å². The third kappa shape index (κ3) is 1.87. The summed E-state index contributed by atoms with van der Waals surface area (Å²) in [4.78, 5) is 14.2. The fourth-order valence-corrected chi connectivity index (χ4v) is 3.33. The van der Waals surface area contributed by atoms with Crippen LogP contribution in [0.25, 0.3) is 0 Å². The molecular formula is C12H16N2OS. The summed E-state index contributed by atoms with van der Waals surface area (Å²) in [6, 6.07) is 3.09. The van der Waals surface area contributed by atoms with Crippen molar-refractivity contribution in [2.24, 2.45) is 0 Å².